The highest BCUT2D eigenvalue weighted by Crippen LogP contribution is 2.38. The van der Waals surface area contributed by atoms with Crippen molar-refractivity contribution in [1.82, 2.24) is 4.90 Å². The number of carbonyl (C=O) groups is 1. The van der Waals surface area contributed by atoms with Crippen molar-refractivity contribution in [3.63, 3.8) is 0 Å². The van der Waals surface area contributed by atoms with Crippen molar-refractivity contribution < 1.29 is 4.79 Å². The minimum absolute atomic E-state index is 0.229. The number of hydrogen-bond acceptors (Lipinski definition) is 2. The van der Waals surface area contributed by atoms with Gasteiger partial charge in [0.25, 0.3) is 0 Å². The molecule has 0 aromatic carbocycles. The van der Waals surface area contributed by atoms with E-state index in [0.717, 1.165) is 57.5 Å². The molecule has 0 unspecified atom stereocenters. The Hall–Kier alpha value is -0.640. The number of thiocarbonyl (C=S) groups is 1. The lowest BCUT2D eigenvalue weighted by Gasteiger charge is -2.39. The Morgan fingerprint density at radius 1 is 1.19 bits per heavy atom. The van der Waals surface area contributed by atoms with Gasteiger partial charge in [-0.3, -0.25) is 4.79 Å². The van der Waals surface area contributed by atoms with Gasteiger partial charge in [-0.05, 0) is 31.6 Å². The van der Waals surface area contributed by atoms with Crippen LogP contribution in [-0.4, -0.2) is 28.9 Å². The van der Waals surface area contributed by atoms with Gasteiger partial charge < -0.3 is 10.6 Å². The molecule has 0 aromatic rings. The SMILES string of the molecule is CCCC1CCN(C(=O)C2(C(N)=S)CCCCCC2)CC1. The normalized spacial score (nSPS) is 23.6. The summed E-state index contributed by atoms with van der Waals surface area (Å²) in [7, 11) is 0. The highest BCUT2D eigenvalue weighted by atomic mass is 32.1. The summed E-state index contributed by atoms with van der Waals surface area (Å²) in [6.07, 6.45) is 11.1. The molecule has 0 spiro atoms. The second-order valence-corrected chi connectivity index (χ2v) is 7.32. The van der Waals surface area contributed by atoms with Crippen LogP contribution in [0.2, 0.25) is 0 Å². The first-order valence-corrected chi connectivity index (χ1v) is 9.10. The van der Waals surface area contributed by atoms with E-state index in [0.29, 0.717) is 4.99 Å². The molecule has 0 atom stereocenters. The molecule has 1 saturated carbocycles. The van der Waals surface area contributed by atoms with E-state index in [4.69, 9.17) is 18.0 Å². The van der Waals surface area contributed by atoms with Crippen LogP contribution in [0.5, 0.6) is 0 Å². The highest BCUT2D eigenvalue weighted by molar-refractivity contribution is 7.80. The molecule has 2 fully saturated rings. The lowest BCUT2D eigenvalue weighted by Crippen LogP contribution is -2.52. The van der Waals surface area contributed by atoms with Crippen molar-refractivity contribution >= 4 is 23.1 Å². The monoisotopic (exact) mass is 310 g/mol. The van der Waals surface area contributed by atoms with E-state index >= 15 is 0 Å². The predicted molar refractivity (Wildman–Crippen MR) is 91.1 cm³/mol. The van der Waals surface area contributed by atoms with E-state index in [2.05, 4.69) is 11.8 Å². The molecule has 21 heavy (non-hydrogen) atoms. The molecule has 1 aliphatic heterocycles. The molecular weight excluding hydrogens is 280 g/mol. The lowest BCUT2D eigenvalue weighted by molar-refractivity contribution is -0.140. The van der Waals surface area contributed by atoms with Crippen LogP contribution in [0.1, 0.15) is 71.1 Å². The Bertz CT molecular complexity index is 367. The van der Waals surface area contributed by atoms with Gasteiger partial charge in [-0.25, -0.2) is 0 Å². The molecule has 120 valence electrons. The van der Waals surface area contributed by atoms with Crippen molar-refractivity contribution in [2.24, 2.45) is 17.1 Å². The van der Waals surface area contributed by atoms with Gasteiger partial charge in [-0.1, -0.05) is 57.7 Å². The number of nitrogens with zero attached hydrogens (tertiary/aromatic N) is 1. The minimum atomic E-state index is -0.538. The van der Waals surface area contributed by atoms with Gasteiger partial charge in [0.1, 0.15) is 0 Å². The Morgan fingerprint density at radius 3 is 2.24 bits per heavy atom. The van der Waals surface area contributed by atoms with Gasteiger partial charge in [0.15, 0.2) is 0 Å². The number of hydrogen-bond donors (Lipinski definition) is 1. The third kappa shape index (κ3) is 3.77. The summed E-state index contributed by atoms with van der Waals surface area (Å²) in [4.78, 5) is 15.6. The molecule has 1 saturated heterocycles. The van der Waals surface area contributed by atoms with Gasteiger partial charge in [-0.2, -0.15) is 0 Å². The van der Waals surface area contributed by atoms with E-state index in [1.165, 1.54) is 25.7 Å². The van der Waals surface area contributed by atoms with Gasteiger partial charge in [0, 0.05) is 13.1 Å². The summed E-state index contributed by atoms with van der Waals surface area (Å²) in [6.45, 7) is 4.03. The number of rotatable bonds is 4. The fraction of sp³-hybridized carbons (Fsp3) is 0.882. The van der Waals surface area contributed by atoms with Crippen molar-refractivity contribution in [1.29, 1.82) is 0 Å². The summed E-state index contributed by atoms with van der Waals surface area (Å²) < 4.78 is 0. The Labute approximate surface area is 134 Å². The van der Waals surface area contributed by atoms with Crippen molar-refractivity contribution in [2.75, 3.05) is 13.1 Å². The van der Waals surface area contributed by atoms with Crippen molar-refractivity contribution in [3.8, 4) is 0 Å². The molecule has 0 radical (unpaired) electrons. The number of piperidine rings is 1. The molecule has 0 bridgehead atoms. The predicted octanol–water partition coefficient (Wildman–Crippen LogP) is 3.65. The van der Waals surface area contributed by atoms with Crippen LogP contribution in [0, 0.1) is 11.3 Å². The van der Waals surface area contributed by atoms with Gasteiger partial charge in [-0.15, -0.1) is 0 Å². The average molecular weight is 311 g/mol. The topological polar surface area (TPSA) is 46.3 Å². The first-order chi connectivity index (χ1) is 10.1. The maximum absolute atomic E-state index is 13.1. The maximum Gasteiger partial charge on any atom is 0.235 e. The standard InChI is InChI=1S/C17H30N2OS/c1-2-7-14-8-12-19(13-9-14)16(20)17(15(18)21)10-5-3-4-6-11-17/h14H,2-13H2,1H3,(H2,18,21). The van der Waals surface area contributed by atoms with Crippen LogP contribution in [0.4, 0.5) is 0 Å². The molecular formula is C17H30N2OS. The van der Waals surface area contributed by atoms with E-state index in [1.807, 2.05) is 0 Å². The minimum Gasteiger partial charge on any atom is -0.392 e. The highest BCUT2D eigenvalue weighted by Gasteiger charge is 2.44. The van der Waals surface area contributed by atoms with Crippen LogP contribution in [-0.2, 0) is 4.79 Å². The molecule has 1 heterocycles. The average Bonchev–Trinajstić information content (AvgIpc) is 2.74. The van der Waals surface area contributed by atoms with E-state index in [9.17, 15) is 4.79 Å². The lowest BCUT2D eigenvalue weighted by atomic mass is 9.78. The van der Waals surface area contributed by atoms with Crippen molar-refractivity contribution in [3.05, 3.63) is 0 Å². The Morgan fingerprint density at radius 2 is 1.76 bits per heavy atom. The number of likely N-dealkylation sites (tertiary alicyclic amines) is 1. The molecule has 2 rings (SSSR count). The van der Waals surface area contributed by atoms with Gasteiger partial charge in [0.2, 0.25) is 5.91 Å². The van der Waals surface area contributed by atoms with Crippen LogP contribution in [0.25, 0.3) is 0 Å². The molecule has 1 amide bonds. The van der Waals surface area contributed by atoms with Gasteiger partial charge in [0.05, 0.1) is 10.4 Å². The first-order valence-electron chi connectivity index (χ1n) is 8.69. The second kappa shape index (κ2) is 7.57. The van der Waals surface area contributed by atoms with E-state index < -0.39 is 5.41 Å². The number of nitrogens with two attached hydrogens (primary N) is 1. The first kappa shape index (κ1) is 16.7. The van der Waals surface area contributed by atoms with Crippen LogP contribution < -0.4 is 5.73 Å². The summed E-state index contributed by atoms with van der Waals surface area (Å²) >= 11 is 5.33. The van der Waals surface area contributed by atoms with E-state index in [-0.39, 0.29) is 5.91 Å². The van der Waals surface area contributed by atoms with Gasteiger partial charge >= 0.3 is 0 Å². The molecule has 2 aliphatic rings. The summed E-state index contributed by atoms with van der Waals surface area (Å²) in [5.74, 6) is 1.03. The molecule has 2 N–H and O–H groups in total. The molecule has 3 nitrogen and oxygen atoms in total. The summed E-state index contributed by atoms with van der Waals surface area (Å²) in [6, 6.07) is 0. The second-order valence-electron chi connectivity index (χ2n) is 6.88. The molecule has 1 aliphatic carbocycles. The zero-order chi connectivity index (χ0) is 15.3. The van der Waals surface area contributed by atoms with Crippen LogP contribution in [0.15, 0.2) is 0 Å². The largest absolute Gasteiger partial charge is 0.392 e. The number of amides is 1. The third-order valence-electron chi connectivity index (χ3n) is 5.44. The molecule has 4 heteroatoms. The smallest absolute Gasteiger partial charge is 0.235 e. The van der Waals surface area contributed by atoms with Crippen molar-refractivity contribution in [2.45, 2.75) is 71.1 Å². The fourth-order valence-corrected chi connectivity index (χ4v) is 4.32. The summed E-state index contributed by atoms with van der Waals surface area (Å²) in [5, 5.41) is 0. The third-order valence-corrected chi connectivity index (χ3v) is 5.83. The Balaban J connectivity index is 2.04. The van der Waals surface area contributed by atoms with E-state index in [1.54, 1.807) is 0 Å². The fourth-order valence-electron chi connectivity index (χ4n) is 4.03. The number of carbonyl (C=O) groups excluding carboxylic acids is 1. The van der Waals surface area contributed by atoms with Crippen LogP contribution in [0.3, 0.4) is 0 Å². The maximum atomic E-state index is 13.1. The molecule has 0 aromatic heterocycles. The zero-order valence-corrected chi connectivity index (χ0v) is 14.2. The Kier molecular flexibility index (Phi) is 6.03. The zero-order valence-electron chi connectivity index (χ0n) is 13.4. The quantitative estimate of drug-likeness (QED) is 0.637. The van der Waals surface area contributed by atoms with Crippen LogP contribution >= 0.6 is 12.2 Å². The summed E-state index contributed by atoms with van der Waals surface area (Å²) in [5.41, 5.74) is 5.50.